The van der Waals surface area contributed by atoms with E-state index >= 15 is 0 Å². The monoisotopic (exact) mass is 195 g/mol. The molecule has 2 rings (SSSR count). The average Bonchev–Trinajstić information content (AvgIpc) is 2.52. The lowest BCUT2D eigenvalue weighted by atomic mass is 10.4. The highest BCUT2D eigenvalue weighted by Crippen LogP contribution is 2.23. The second kappa shape index (κ2) is 3.21. The van der Waals surface area contributed by atoms with Crippen LogP contribution in [0.5, 0.6) is 0 Å². The number of nitrogens with two attached hydrogens (primary N) is 1. The zero-order valence-corrected chi connectivity index (χ0v) is 7.93. The van der Waals surface area contributed by atoms with E-state index in [1.807, 2.05) is 0 Å². The van der Waals surface area contributed by atoms with Gasteiger partial charge in [-0.05, 0) is 5.75 Å². The van der Waals surface area contributed by atoms with Crippen molar-refractivity contribution in [1.82, 2.24) is 20.2 Å². The molecule has 0 atom stereocenters. The standard InChI is InChI=1S/C7H9N5S/c1-2-13-6-4-3-9-12-5(4)10-7(8)11-6/h3H,2H2,1H3,(H3,8,9,10,11,12). The van der Waals surface area contributed by atoms with Crippen LogP contribution >= 0.6 is 11.8 Å². The molecule has 6 heteroatoms. The van der Waals surface area contributed by atoms with Crippen LogP contribution in [0, 0.1) is 0 Å². The van der Waals surface area contributed by atoms with Gasteiger partial charge in [-0.1, -0.05) is 6.92 Å². The number of nitrogens with zero attached hydrogens (tertiary/aromatic N) is 3. The summed E-state index contributed by atoms with van der Waals surface area (Å²) in [7, 11) is 0. The van der Waals surface area contributed by atoms with Gasteiger partial charge in [0.25, 0.3) is 0 Å². The highest BCUT2D eigenvalue weighted by molar-refractivity contribution is 7.99. The summed E-state index contributed by atoms with van der Waals surface area (Å²) < 4.78 is 0. The van der Waals surface area contributed by atoms with Gasteiger partial charge in [0.05, 0.1) is 11.6 Å². The third-order valence-corrected chi connectivity index (χ3v) is 2.45. The predicted octanol–water partition coefficient (Wildman–Crippen LogP) is 1.05. The topological polar surface area (TPSA) is 80.5 Å². The number of aromatic amines is 1. The summed E-state index contributed by atoms with van der Waals surface area (Å²) in [6.07, 6.45) is 1.72. The van der Waals surface area contributed by atoms with E-state index in [0.717, 1.165) is 16.2 Å². The lowest BCUT2D eigenvalue weighted by Crippen LogP contribution is -1.96. The Morgan fingerprint density at radius 3 is 3.15 bits per heavy atom. The van der Waals surface area contributed by atoms with Crippen molar-refractivity contribution in [2.75, 3.05) is 11.5 Å². The quantitative estimate of drug-likeness (QED) is 0.553. The molecule has 0 amide bonds. The zero-order chi connectivity index (χ0) is 9.26. The van der Waals surface area contributed by atoms with Crippen LogP contribution in [0.2, 0.25) is 0 Å². The second-order valence-corrected chi connectivity index (χ2v) is 3.70. The highest BCUT2D eigenvalue weighted by atomic mass is 32.2. The van der Waals surface area contributed by atoms with E-state index in [9.17, 15) is 0 Å². The Balaban J connectivity index is 2.63. The fourth-order valence-electron chi connectivity index (χ4n) is 1.07. The van der Waals surface area contributed by atoms with Crippen molar-refractivity contribution in [3.63, 3.8) is 0 Å². The lowest BCUT2D eigenvalue weighted by Gasteiger charge is -1.99. The molecule has 0 spiro atoms. The fraction of sp³-hybridized carbons (Fsp3) is 0.286. The first-order valence-corrected chi connectivity index (χ1v) is 4.89. The van der Waals surface area contributed by atoms with Gasteiger partial charge in [0.2, 0.25) is 5.95 Å². The van der Waals surface area contributed by atoms with Gasteiger partial charge in [0.1, 0.15) is 5.03 Å². The first-order chi connectivity index (χ1) is 6.31. The summed E-state index contributed by atoms with van der Waals surface area (Å²) in [4.78, 5) is 8.15. The number of rotatable bonds is 2. The molecule has 0 fully saturated rings. The SMILES string of the molecule is CCSc1nc(N)nc2[nH]ncc12. The summed E-state index contributed by atoms with van der Waals surface area (Å²) in [6.45, 7) is 2.06. The molecule has 0 saturated heterocycles. The average molecular weight is 195 g/mol. The Morgan fingerprint density at radius 2 is 2.38 bits per heavy atom. The van der Waals surface area contributed by atoms with Crippen molar-refractivity contribution in [3.05, 3.63) is 6.20 Å². The maximum Gasteiger partial charge on any atom is 0.223 e. The van der Waals surface area contributed by atoms with Crippen LogP contribution in [0.25, 0.3) is 11.0 Å². The lowest BCUT2D eigenvalue weighted by molar-refractivity contribution is 1.08. The van der Waals surface area contributed by atoms with Crippen LogP contribution in [0.4, 0.5) is 5.95 Å². The molecule has 0 unspecified atom stereocenters. The van der Waals surface area contributed by atoms with E-state index in [2.05, 4.69) is 27.1 Å². The van der Waals surface area contributed by atoms with Crippen molar-refractivity contribution in [1.29, 1.82) is 0 Å². The van der Waals surface area contributed by atoms with E-state index in [0.29, 0.717) is 5.65 Å². The van der Waals surface area contributed by atoms with E-state index in [1.54, 1.807) is 18.0 Å². The van der Waals surface area contributed by atoms with Crippen molar-refractivity contribution in [2.24, 2.45) is 0 Å². The summed E-state index contributed by atoms with van der Waals surface area (Å²) in [5.41, 5.74) is 6.23. The maximum atomic E-state index is 5.53. The van der Waals surface area contributed by atoms with Gasteiger partial charge in [-0.25, -0.2) is 4.98 Å². The Kier molecular flexibility index (Phi) is 2.05. The Labute approximate surface area is 79.1 Å². The fourth-order valence-corrected chi connectivity index (χ4v) is 1.81. The van der Waals surface area contributed by atoms with Gasteiger partial charge in [-0.15, -0.1) is 11.8 Å². The van der Waals surface area contributed by atoms with Gasteiger partial charge >= 0.3 is 0 Å². The third-order valence-electron chi connectivity index (χ3n) is 1.57. The van der Waals surface area contributed by atoms with Gasteiger partial charge in [0, 0.05) is 0 Å². The first kappa shape index (κ1) is 8.31. The molecule has 0 aliphatic rings. The van der Waals surface area contributed by atoms with Gasteiger partial charge in [-0.3, -0.25) is 5.10 Å². The molecule has 13 heavy (non-hydrogen) atoms. The van der Waals surface area contributed by atoms with Crippen LogP contribution in [0.1, 0.15) is 6.92 Å². The van der Waals surface area contributed by atoms with Crippen molar-refractivity contribution < 1.29 is 0 Å². The Hall–Kier alpha value is -1.30. The smallest absolute Gasteiger partial charge is 0.223 e. The number of hydrogen-bond donors (Lipinski definition) is 2. The van der Waals surface area contributed by atoms with Gasteiger partial charge in [0.15, 0.2) is 5.65 Å². The van der Waals surface area contributed by atoms with E-state index in [4.69, 9.17) is 5.73 Å². The molecule has 0 saturated carbocycles. The minimum atomic E-state index is 0.285. The largest absolute Gasteiger partial charge is 0.368 e. The molecule has 0 radical (unpaired) electrons. The molecule has 2 aromatic heterocycles. The minimum Gasteiger partial charge on any atom is -0.368 e. The van der Waals surface area contributed by atoms with E-state index in [1.165, 1.54) is 0 Å². The van der Waals surface area contributed by atoms with Crippen molar-refractivity contribution in [2.45, 2.75) is 11.9 Å². The van der Waals surface area contributed by atoms with Crippen molar-refractivity contribution >= 4 is 28.7 Å². The number of aromatic nitrogens is 4. The molecular formula is C7H9N5S. The van der Waals surface area contributed by atoms with Crippen LogP contribution in [0.3, 0.4) is 0 Å². The molecule has 2 heterocycles. The number of nitrogen functional groups attached to an aromatic ring is 1. The predicted molar refractivity (Wildman–Crippen MR) is 52.5 cm³/mol. The van der Waals surface area contributed by atoms with E-state index in [-0.39, 0.29) is 5.95 Å². The van der Waals surface area contributed by atoms with E-state index < -0.39 is 0 Å². The molecule has 5 nitrogen and oxygen atoms in total. The molecule has 0 bridgehead atoms. The van der Waals surface area contributed by atoms with Crippen LogP contribution in [-0.2, 0) is 0 Å². The summed E-state index contributed by atoms with van der Waals surface area (Å²) in [5, 5.41) is 8.47. The summed E-state index contributed by atoms with van der Waals surface area (Å²) >= 11 is 1.63. The summed E-state index contributed by atoms with van der Waals surface area (Å²) in [6, 6.07) is 0. The highest BCUT2D eigenvalue weighted by Gasteiger charge is 2.06. The number of hydrogen-bond acceptors (Lipinski definition) is 5. The molecule has 0 aliphatic carbocycles. The number of nitrogens with one attached hydrogen (secondary N) is 1. The Morgan fingerprint density at radius 1 is 1.54 bits per heavy atom. The van der Waals surface area contributed by atoms with Crippen LogP contribution in [0.15, 0.2) is 11.2 Å². The number of anilines is 1. The maximum absolute atomic E-state index is 5.53. The van der Waals surface area contributed by atoms with Gasteiger partial charge in [-0.2, -0.15) is 10.1 Å². The van der Waals surface area contributed by atoms with Gasteiger partial charge < -0.3 is 5.73 Å². The first-order valence-electron chi connectivity index (χ1n) is 3.90. The molecule has 2 aromatic rings. The molecular weight excluding hydrogens is 186 g/mol. The zero-order valence-electron chi connectivity index (χ0n) is 7.11. The summed E-state index contributed by atoms with van der Waals surface area (Å²) in [5.74, 6) is 1.24. The van der Waals surface area contributed by atoms with Crippen molar-refractivity contribution in [3.8, 4) is 0 Å². The number of H-pyrrole nitrogens is 1. The molecule has 3 N–H and O–H groups in total. The number of thioether (sulfide) groups is 1. The Bertz CT molecular complexity index is 424. The molecule has 0 aromatic carbocycles. The van der Waals surface area contributed by atoms with Crippen LogP contribution < -0.4 is 5.73 Å². The third kappa shape index (κ3) is 1.44. The second-order valence-electron chi connectivity index (χ2n) is 2.45. The number of fused-ring (bicyclic) bond motifs is 1. The molecule has 68 valence electrons. The minimum absolute atomic E-state index is 0.285. The van der Waals surface area contributed by atoms with Crippen LogP contribution in [-0.4, -0.2) is 25.9 Å². The normalized spacial score (nSPS) is 10.8. The molecule has 0 aliphatic heterocycles.